The SMILES string of the molecule is COC(=O)c1c(O)c2c(n(Cc3ccc(OC)cc3OC)c1=O)-c1ccc(Cl)cc1COCC2. The monoisotopic (exact) mass is 485 g/mol. The molecule has 1 N–H and O–H groups in total. The van der Waals surface area contributed by atoms with E-state index in [0.29, 0.717) is 38.9 Å². The predicted octanol–water partition coefficient (Wildman–Crippen LogP) is 3.80. The Balaban J connectivity index is 2.05. The van der Waals surface area contributed by atoms with Crippen LogP contribution in [0.5, 0.6) is 17.2 Å². The van der Waals surface area contributed by atoms with Crippen molar-refractivity contribution in [2.45, 2.75) is 19.6 Å². The molecular formula is C25H24ClNO7. The number of benzene rings is 2. The van der Waals surface area contributed by atoms with Crippen LogP contribution >= 0.6 is 11.6 Å². The molecule has 2 heterocycles. The van der Waals surface area contributed by atoms with Crippen LogP contribution < -0.4 is 15.0 Å². The first-order valence-electron chi connectivity index (χ1n) is 10.5. The Morgan fingerprint density at radius 2 is 1.94 bits per heavy atom. The van der Waals surface area contributed by atoms with Crippen molar-refractivity contribution in [2.24, 2.45) is 0 Å². The summed E-state index contributed by atoms with van der Waals surface area (Å²) in [5.41, 5.74) is 1.92. The number of aromatic hydroxyl groups is 1. The first kappa shape index (κ1) is 23.7. The molecule has 1 aliphatic heterocycles. The van der Waals surface area contributed by atoms with Gasteiger partial charge in [0.25, 0.3) is 5.56 Å². The van der Waals surface area contributed by atoms with Gasteiger partial charge in [0.2, 0.25) is 0 Å². The van der Waals surface area contributed by atoms with Gasteiger partial charge in [0.05, 0.1) is 46.8 Å². The fourth-order valence-corrected chi connectivity index (χ4v) is 4.36. The molecule has 0 saturated carbocycles. The fourth-order valence-electron chi connectivity index (χ4n) is 4.17. The van der Waals surface area contributed by atoms with Crippen molar-refractivity contribution in [3.8, 4) is 28.5 Å². The van der Waals surface area contributed by atoms with Crippen molar-refractivity contribution in [3.63, 3.8) is 0 Å². The zero-order valence-electron chi connectivity index (χ0n) is 19.0. The summed E-state index contributed by atoms with van der Waals surface area (Å²) in [6.07, 6.45) is 0.285. The minimum Gasteiger partial charge on any atom is -0.506 e. The summed E-state index contributed by atoms with van der Waals surface area (Å²) < 4.78 is 22.8. The van der Waals surface area contributed by atoms with E-state index in [4.69, 9.17) is 30.5 Å². The quantitative estimate of drug-likeness (QED) is 0.549. The topological polar surface area (TPSA) is 96.2 Å². The van der Waals surface area contributed by atoms with Crippen LogP contribution in [0.3, 0.4) is 0 Å². The number of halogens is 1. The molecule has 1 aliphatic rings. The molecule has 8 nitrogen and oxygen atoms in total. The summed E-state index contributed by atoms with van der Waals surface area (Å²) in [4.78, 5) is 26.2. The highest BCUT2D eigenvalue weighted by Gasteiger charge is 2.29. The van der Waals surface area contributed by atoms with E-state index in [-0.39, 0.29) is 26.2 Å². The molecule has 0 atom stereocenters. The molecule has 0 bridgehead atoms. The maximum atomic E-state index is 13.6. The number of methoxy groups -OCH3 is 3. The summed E-state index contributed by atoms with van der Waals surface area (Å²) in [6.45, 7) is 0.633. The molecule has 0 fully saturated rings. The smallest absolute Gasteiger partial charge is 0.347 e. The Labute approximate surface area is 201 Å². The summed E-state index contributed by atoms with van der Waals surface area (Å²) >= 11 is 6.22. The number of aromatic nitrogens is 1. The molecule has 0 amide bonds. The number of carbonyl (C=O) groups excluding carboxylic acids is 1. The number of rotatable bonds is 5. The first-order chi connectivity index (χ1) is 16.4. The second kappa shape index (κ2) is 9.79. The van der Waals surface area contributed by atoms with E-state index in [1.807, 2.05) is 0 Å². The number of fused-ring (bicyclic) bond motifs is 3. The summed E-state index contributed by atoms with van der Waals surface area (Å²) in [6, 6.07) is 10.5. The molecule has 0 aliphatic carbocycles. The molecule has 9 heteroatoms. The Hall–Kier alpha value is -3.49. The molecule has 34 heavy (non-hydrogen) atoms. The minimum atomic E-state index is -0.917. The number of carbonyl (C=O) groups is 1. The van der Waals surface area contributed by atoms with Crippen LogP contribution in [0, 0.1) is 0 Å². The fraction of sp³-hybridized carbons (Fsp3) is 0.280. The number of hydrogen-bond acceptors (Lipinski definition) is 7. The lowest BCUT2D eigenvalue weighted by Crippen LogP contribution is -2.31. The lowest BCUT2D eigenvalue weighted by atomic mass is 9.95. The van der Waals surface area contributed by atoms with Gasteiger partial charge in [-0.05, 0) is 29.8 Å². The molecule has 1 aromatic heterocycles. The van der Waals surface area contributed by atoms with Gasteiger partial charge < -0.3 is 28.6 Å². The highest BCUT2D eigenvalue weighted by Crippen LogP contribution is 2.37. The Morgan fingerprint density at radius 1 is 1.15 bits per heavy atom. The van der Waals surface area contributed by atoms with Crippen molar-refractivity contribution < 1.29 is 28.8 Å². The summed E-state index contributed by atoms with van der Waals surface area (Å²) in [5, 5.41) is 11.6. The van der Waals surface area contributed by atoms with Gasteiger partial charge >= 0.3 is 5.97 Å². The molecule has 178 valence electrons. The molecular weight excluding hydrogens is 462 g/mol. The highest BCUT2D eigenvalue weighted by atomic mass is 35.5. The van der Waals surface area contributed by atoms with E-state index in [0.717, 1.165) is 12.7 Å². The van der Waals surface area contributed by atoms with Crippen molar-refractivity contribution in [3.05, 3.63) is 74.0 Å². The molecule has 4 rings (SSSR count). The molecule has 0 unspecified atom stereocenters. The van der Waals surface area contributed by atoms with Crippen molar-refractivity contribution in [2.75, 3.05) is 27.9 Å². The second-order valence-electron chi connectivity index (χ2n) is 7.72. The van der Waals surface area contributed by atoms with Crippen LogP contribution in [0.1, 0.15) is 27.0 Å². The Morgan fingerprint density at radius 3 is 2.65 bits per heavy atom. The number of esters is 1. The van der Waals surface area contributed by atoms with Gasteiger partial charge in [0, 0.05) is 34.2 Å². The largest absolute Gasteiger partial charge is 0.506 e. The van der Waals surface area contributed by atoms with E-state index >= 15 is 0 Å². The van der Waals surface area contributed by atoms with Crippen LogP contribution in [-0.2, 0) is 29.0 Å². The predicted molar refractivity (Wildman–Crippen MR) is 126 cm³/mol. The number of nitrogens with zero attached hydrogens (tertiary/aromatic N) is 1. The molecule has 0 saturated heterocycles. The molecule has 3 aromatic rings. The lowest BCUT2D eigenvalue weighted by molar-refractivity contribution is 0.0594. The van der Waals surface area contributed by atoms with Crippen LogP contribution in [0.15, 0.2) is 41.2 Å². The first-order valence-corrected chi connectivity index (χ1v) is 10.9. The van der Waals surface area contributed by atoms with Gasteiger partial charge in [-0.1, -0.05) is 17.7 Å². The Kier molecular flexibility index (Phi) is 6.81. The zero-order valence-corrected chi connectivity index (χ0v) is 19.8. The normalized spacial score (nSPS) is 12.7. The van der Waals surface area contributed by atoms with E-state index < -0.39 is 22.8 Å². The highest BCUT2D eigenvalue weighted by molar-refractivity contribution is 6.30. The lowest BCUT2D eigenvalue weighted by Gasteiger charge is -2.25. The molecule has 0 spiro atoms. The third-order valence-electron chi connectivity index (χ3n) is 5.83. The standard InChI is InChI=1S/C25H24ClNO7/c1-31-17-6-4-14(20(11-17)32-2)12-27-22-18-7-5-16(26)10-15(18)13-34-9-8-19(22)23(28)21(24(27)29)25(30)33-3/h4-7,10-11,28H,8-9,12-13H2,1-3H3. The third kappa shape index (κ3) is 4.22. The molecule has 2 aromatic carbocycles. The van der Waals surface area contributed by atoms with Gasteiger partial charge in [-0.2, -0.15) is 0 Å². The molecule has 0 radical (unpaired) electrons. The number of ether oxygens (including phenoxy) is 4. The second-order valence-corrected chi connectivity index (χ2v) is 8.15. The van der Waals surface area contributed by atoms with Gasteiger partial charge in [0.15, 0.2) is 5.56 Å². The maximum Gasteiger partial charge on any atom is 0.347 e. The summed E-state index contributed by atoms with van der Waals surface area (Å²) in [7, 11) is 4.24. The average Bonchev–Trinajstić information content (AvgIpc) is 2.83. The van der Waals surface area contributed by atoms with Gasteiger partial charge in [-0.15, -0.1) is 0 Å². The third-order valence-corrected chi connectivity index (χ3v) is 6.06. The Bertz CT molecular complexity index is 1320. The van der Waals surface area contributed by atoms with E-state index in [1.54, 1.807) is 43.5 Å². The summed E-state index contributed by atoms with van der Waals surface area (Å²) in [5.74, 6) is -0.212. The number of hydrogen-bond donors (Lipinski definition) is 1. The van der Waals surface area contributed by atoms with Gasteiger partial charge in [-0.3, -0.25) is 4.79 Å². The van der Waals surface area contributed by atoms with Crippen LogP contribution in [0.25, 0.3) is 11.3 Å². The average molecular weight is 486 g/mol. The van der Waals surface area contributed by atoms with Crippen molar-refractivity contribution >= 4 is 17.6 Å². The van der Waals surface area contributed by atoms with Gasteiger partial charge in [-0.25, -0.2) is 4.79 Å². The van der Waals surface area contributed by atoms with Crippen LogP contribution in [0.4, 0.5) is 0 Å². The van der Waals surface area contributed by atoms with Gasteiger partial charge in [0.1, 0.15) is 17.2 Å². The zero-order chi connectivity index (χ0) is 24.4. The van der Waals surface area contributed by atoms with Crippen LogP contribution in [0.2, 0.25) is 5.02 Å². The minimum absolute atomic E-state index is 0.0710. The van der Waals surface area contributed by atoms with Crippen molar-refractivity contribution in [1.82, 2.24) is 4.57 Å². The van der Waals surface area contributed by atoms with Crippen LogP contribution in [-0.4, -0.2) is 43.6 Å². The van der Waals surface area contributed by atoms with E-state index in [9.17, 15) is 14.7 Å². The van der Waals surface area contributed by atoms with Crippen molar-refractivity contribution in [1.29, 1.82) is 0 Å². The maximum absolute atomic E-state index is 13.6. The van der Waals surface area contributed by atoms with E-state index in [2.05, 4.69) is 0 Å². The number of pyridine rings is 1. The van der Waals surface area contributed by atoms with E-state index in [1.165, 1.54) is 11.7 Å².